The number of benzene rings is 1. The van der Waals surface area contributed by atoms with E-state index < -0.39 is 0 Å². The first-order valence-corrected chi connectivity index (χ1v) is 7.52. The van der Waals surface area contributed by atoms with Crippen LogP contribution >= 0.6 is 0 Å². The number of likely N-dealkylation sites (tertiary alicyclic amines) is 1. The smallest absolute Gasteiger partial charge is 0.223 e. The van der Waals surface area contributed by atoms with E-state index in [2.05, 4.69) is 24.2 Å². The zero-order valence-electron chi connectivity index (χ0n) is 12.8. The molecule has 116 valence electrons. The van der Waals surface area contributed by atoms with Gasteiger partial charge < -0.3 is 20.7 Å². The van der Waals surface area contributed by atoms with Gasteiger partial charge in [-0.3, -0.25) is 4.79 Å². The molecule has 0 bridgehead atoms. The average molecular weight is 291 g/mol. The van der Waals surface area contributed by atoms with Crippen LogP contribution in [0.3, 0.4) is 0 Å². The van der Waals surface area contributed by atoms with Crippen molar-refractivity contribution in [1.29, 1.82) is 0 Å². The van der Waals surface area contributed by atoms with Gasteiger partial charge in [0.15, 0.2) is 0 Å². The summed E-state index contributed by atoms with van der Waals surface area (Å²) in [6.45, 7) is 3.62. The lowest BCUT2D eigenvalue weighted by Crippen LogP contribution is -2.47. The van der Waals surface area contributed by atoms with Gasteiger partial charge in [0.2, 0.25) is 5.91 Å². The van der Waals surface area contributed by atoms with Gasteiger partial charge in [0.1, 0.15) is 5.75 Å². The van der Waals surface area contributed by atoms with Crippen LogP contribution < -0.4 is 15.8 Å². The lowest BCUT2D eigenvalue weighted by molar-refractivity contribution is -0.122. The third kappa shape index (κ3) is 4.93. The van der Waals surface area contributed by atoms with Crippen LogP contribution in [0.4, 0.5) is 5.69 Å². The minimum atomic E-state index is 0.0622. The summed E-state index contributed by atoms with van der Waals surface area (Å²) in [7, 11) is 2.13. The number of piperidine rings is 1. The van der Waals surface area contributed by atoms with E-state index in [1.165, 1.54) is 0 Å². The molecule has 5 heteroatoms. The highest BCUT2D eigenvalue weighted by Crippen LogP contribution is 2.16. The number of carbonyl (C=O) groups is 1. The van der Waals surface area contributed by atoms with E-state index in [4.69, 9.17) is 10.5 Å². The van der Waals surface area contributed by atoms with Gasteiger partial charge in [-0.05, 0) is 51.1 Å². The highest BCUT2D eigenvalue weighted by atomic mass is 16.5. The topological polar surface area (TPSA) is 67.6 Å². The molecular weight excluding hydrogens is 266 g/mol. The fourth-order valence-electron chi connectivity index (χ4n) is 2.55. The molecule has 1 heterocycles. The molecule has 5 nitrogen and oxygen atoms in total. The first kappa shape index (κ1) is 15.6. The lowest BCUT2D eigenvalue weighted by Gasteiger charge is -2.35. The highest BCUT2D eigenvalue weighted by molar-refractivity contribution is 5.76. The van der Waals surface area contributed by atoms with Crippen molar-refractivity contribution in [1.82, 2.24) is 10.2 Å². The molecule has 21 heavy (non-hydrogen) atoms. The Hall–Kier alpha value is -1.75. The molecule has 0 aliphatic carbocycles. The van der Waals surface area contributed by atoms with E-state index in [9.17, 15) is 4.79 Å². The Bertz CT molecular complexity index is 461. The van der Waals surface area contributed by atoms with Gasteiger partial charge in [-0.1, -0.05) is 0 Å². The summed E-state index contributed by atoms with van der Waals surface area (Å²) < 4.78 is 5.53. The van der Waals surface area contributed by atoms with Gasteiger partial charge in [-0.15, -0.1) is 0 Å². The first-order chi connectivity index (χ1) is 10.0. The molecule has 1 fully saturated rings. The number of hydrogen-bond donors (Lipinski definition) is 2. The predicted octanol–water partition coefficient (Wildman–Crippen LogP) is 1.64. The summed E-state index contributed by atoms with van der Waals surface area (Å²) in [5.41, 5.74) is 6.31. The number of nitrogen functional groups attached to an aromatic ring is 1. The maximum atomic E-state index is 11.9. The molecule has 0 radical (unpaired) electrons. The minimum Gasteiger partial charge on any atom is -0.493 e. The SMILES string of the molecule is CC1CC(NC(=O)CCOc2ccc(N)cc2)CCN1C. The summed E-state index contributed by atoms with van der Waals surface area (Å²) in [4.78, 5) is 14.2. The zero-order chi connectivity index (χ0) is 15.2. The Kier molecular flexibility index (Phi) is 5.44. The van der Waals surface area contributed by atoms with Crippen LogP contribution in [-0.4, -0.2) is 43.1 Å². The molecule has 2 rings (SSSR count). The van der Waals surface area contributed by atoms with Crippen LogP contribution in [0, 0.1) is 0 Å². The van der Waals surface area contributed by atoms with E-state index in [0.29, 0.717) is 30.8 Å². The lowest BCUT2D eigenvalue weighted by atomic mass is 9.99. The fourth-order valence-corrected chi connectivity index (χ4v) is 2.55. The van der Waals surface area contributed by atoms with Crippen LogP contribution in [0.15, 0.2) is 24.3 Å². The van der Waals surface area contributed by atoms with Gasteiger partial charge >= 0.3 is 0 Å². The molecule has 1 aliphatic rings. The number of nitrogens with two attached hydrogens (primary N) is 1. The summed E-state index contributed by atoms with van der Waals surface area (Å²) in [6.07, 6.45) is 2.41. The van der Waals surface area contributed by atoms with Crippen LogP contribution in [0.25, 0.3) is 0 Å². The standard InChI is InChI=1S/C16H25N3O2/c1-12-11-14(7-9-19(12)2)18-16(20)8-10-21-15-5-3-13(17)4-6-15/h3-6,12,14H,7-11,17H2,1-2H3,(H,18,20). The third-order valence-corrected chi connectivity index (χ3v) is 4.05. The minimum absolute atomic E-state index is 0.0622. The van der Waals surface area contributed by atoms with Gasteiger partial charge in [-0.2, -0.15) is 0 Å². The number of nitrogens with zero attached hydrogens (tertiary/aromatic N) is 1. The Balaban J connectivity index is 1.67. The fraction of sp³-hybridized carbons (Fsp3) is 0.562. The van der Waals surface area contributed by atoms with E-state index in [1.54, 1.807) is 12.1 Å². The van der Waals surface area contributed by atoms with Gasteiger partial charge in [0.25, 0.3) is 0 Å². The molecule has 3 N–H and O–H groups in total. The molecule has 2 atom stereocenters. The molecular formula is C16H25N3O2. The second kappa shape index (κ2) is 7.31. The number of anilines is 1. The van der Waals surface area contributed by atoms with Crippen molar-refractivity contribution < 1.29 is 9.53 Å². The van der Waals surface area contributed by atoms with Gasteiger partial charge in [-0.25, -0.2) is 0 Å². The molecule has 0 aromatic heterocycles. The molecule has 1 amide bonds. The third-order valence-electron chi connectivity index (χ3n) is 4.05. The first-order valence-electron chi connectivity index (χ1n) is 7.52. The Labute approximate surface area is 126 Å². The van der Waals surface area contributed by atoms with E-state index in [0.717, 1.165) is 25.1 Å². The van der Waals surface area contributed by atoms with E-state index in [1.807, 2.05) is 12.1 Å². The number of carbonyl (C=O) groups excluding carboxylic acids is 1. The summed E-state index contributed by atoms with van der Waals surface area (Å²) in [6, 6.07) is 8.01. The molecule has 1 aromatic rings. The predicted molar refractivity (Wildman–Crippen MR) is 84.2 cm³/mol. The Morgan fingerprint density at radius 1 is 1.43 bits per heavy atom. The van der Waals surface area contributed by atoms with Crippen molar-refractivity contribution in [2.24, 2.45) is 0 Å². The van der Waals surface area contributed by atoms with Gasteiger partial charge in [0.05, 0.1) is 13.0 Å². The molecule has 2 unspecified atom stereocenters. The van der Waals surface area contributed by atoms with Crippen LogP contribution in [0.5, 0.6) is 5.75 Å². The van der Waals surface area contributed by atoms with Crippen molar-refractivity contribution in [2.45, 2.75) is 38.3 Å². The largest absolute Gasteiger partial charge is 0.493 e. The van der Waals surface area contributed by atoms with Crippen molar-refractivity contribution in [3.63, 3.8) is 0 Å². The molecule has 1 aromatic carbocycles. The normalized spacial score (nSPS) is 22.8. The van der Waals surface area contributed by atoms with Crippen molar-refractivity contribution in [3.8, 4) is 5.75 Å². The second-order valence-corrected chi connectivity index (χ2v) is 5.79. The van der Waals surface area contributed by atoms with Crippen molar-refractivity contribution in [2.75, 3.05) is 25.9 Å². The van der Waals surface area contributed by atoms with Crippen LogP contribution in [0.1, 0.15) is 26.2 Å². The molecule has 1 saturated heterocycles. The maximum Gasteiger partial charge on any atom is 0.223 e. The highest BCUT2D eigenvalue weighted by Gasteiger charge is 2.23. The van der Waals surface area contributed by atoms with Crippen molar-refractivity contribution >= 4 is 11.6 Å². The number of hydrogen-bond acceptors (Lipinski definition) is 4. The monoisotopic (exact) mass is 291 g/mol. The Morgan fingerprint density at radius 2 is 2.14 bits per heavy atom. The summed E-state index contributed by atoms with van der Waals surface area (Å²) in [5, 5.41) is 3.10. The quantitative estimate of drug-likeness (QED) is 0.809. The number of nitrogens with one attached hydrogen (secondary N) is 1. The summed E-state index contributed by atoms with van der Waals surface area (Å²) in [5.74, 6) is 0.803. The maximum absolute atomic E-state index is 11.9. The second-order valence-electron chi connectivity index (χ2n) is 5.79. The molecule has 0 spiro atoms. The van der Waals surface area contributed by atoms with E-state index in [-0.39, 0.29) is 5.91 Å². The number of ether oxygens (including phenoxy) is 1. The average Bonchev–Trinajstić information content (AvgIpc) is 2.45. The summed E-state index contributed by atoms with van der Waals surface area (Å²) >= 11 is 0. The Morgan fingerprint density at radius 3 is 2.81 bits per heavy atom. The van der Waals surface area contributed by atoms with E-state index >= 15 is 0 Å². The number of rotatable bonds is 5. The van der Waals surface area contributed by atoms with Crippen LogP contribution in [0.2, 0.25) is 0 Å². The molecule has 0 saturated carbocycles. The number of amides is 1. The van der Waals surface area contributed by atoms with Gasteiger partial charge in [0, 0.05) is 24.3 Å². The van der Waals surface area contributed by atoms with Crippen molar-refractivity contribution in [3.05, 3.63) is 24.3 Å². The zero-order valence-corrected chi connectivity index (χ0v) is 12.8. The molecule has 1 aliphatic heterocycles. The van der Waals surface area contributed by atoms with Crippen LogP contribution in [-0.2, 0) is 4.79 Å².